The molecular weight excluding hydrogens is 382 g/mol. The normalized spacial score (nSPS) is 15.8. The van der Waals surface area contributed by atoms with E-state index < -0.39 is 0 Å². The molecule has 0 aliphatic carbocycles. The highest BCUT2D eigenvalue weighted by Crippen LogP contribution is 2.15. The van der Waals surface area contributed by atoms with Gasteiger partial charge in [-0.05, 0) is 69.1 Å². The van der Waals surface area contributed by atoms with E-state index in [2.05, 4.69) is 38.4 Å². The Labute approximate surface area is 158 Å². The Morgan fingerprint density at radius 1 is 1.12 bits per heavy atom. The summed E-state index contributed by atoms with van der Waals surface area (Å²) in [6.45, 7) is 6.77. The average Bonchev–Trinajstić information content (AvgIpc) is 2.61. The largest absolute Gasteiger partial charge is 0.356 e. The van der Waals surface area contributed by atoms with Crippen molar-refractivity contribution in [2.75, 3.05) is 32.7 Å². The van der Waals surface area contributed by atoms with Crippen molar-refractivity contribution in [2.24, 2.45) is 5.92 Å². The highest BCUT2D eigenvalue weighted by molar-refractivity contribution is 9.10. The molecule has 2 rings (SSSR count). The van der Waals surface area contributed by atoms with Crippen molar-refractivity contribution in [3.63, 3.8) is 0 Å². The first-order valence-electron chi connectivity index (χ1n) is 9.07. The van der Waals surface area contributed by atoms with Crippen LogP contribution in [0.4, 0.5) is 0 Å². The van der Waals surface area contributed by atoms with Gasteiger partial charge in [0.2, 0.25) is 5.91 Å². The summed E-state index contributed by atoms with van der Waals surface area (Å²) < 4.78 is 0.933. The van der Waals surface area contributed by atoms with Crippen LogP contribution in [0.3, 0.4) is 0 Å². The monoisotopic (exact) mass is 409 g/mol. The number of benzene rings is 1. The van der Waals surface area contributed by atoms with Crippen LogP contribution in [-0.2, 0) is 4.79 Å². The van der Waals surface area contributed by atoms with E-state index in [-0.39, 0.29) is 11.8 Å². The lowest BCUT2D eigenvalue weighted by molar-refractivity contribution is -0.120. The zero-order valence-electron chi connectivity index (χ0n) is 14.9. The van der Waals surface area contributed by atoms with Crippen LogP contribution in [-0.4, -0.2) is 49.4 Å². The lowest BCUT2D eigenvalue weighted by atomic mass is 9.99. The molecule has 1 aliphatic rings. The van der Waals surface area contributed by atoms with Crippen molar-refractivity contribution >= 4 is 27.7 Å². The van der Waals surface area contributed by atoms with Gasteiger partial charge in [0.1, 0.15) is 0 Å². The van der Waals surface area contributed by atoms with E-state index in [0.717, 1.165) is 23.4 Å². The highest BCUT2D eigenvalue weighted by Gasteiger charge is 2.14. The van der Waals surface area contributed by atoms with Gasteiger partial charge in [0.15, 0.2) is 0 Å². The van der Waals surface area contributed by atoms with Gasteiger partial charge in [0.05, 0.1) is 0 Å². The molecule has 25 heavy (non-hydrogen) atoms. The van der Waals surface area contributed by atoms with Gasteiger partial charge < -0.3 is 15.5 Å². The molecule has 1 aromatic rings. The predicted molar refractivity (Wildman–Crippen MR) is 104 cm³/mol. The quantitative estimate of drug-likeness (QED) is 0.648. The Kier molecular flexibility index (Phi) is 8.41. The van der Waals surface area contributed by atoms with Gasteiger partial charge in [-0.3, -0.25) is 9.59 Å². The number of halogens is 1. The van der Waals surface area contributed by atoms with Gasteiger partial charge in [-0.15, -0.1) is 0 Å². The molecule has 0 saturated carbocycles. The van der Waals surface area contributed by atoms with Crippen molar-refractivity contribution in [3.05, 3.63) is 34.3 Å². The lowest BCUT2D eigenvalue weighted by Gasteiger charge is -2.30. The van der Waals surface area contributed by atoms with Crippen molar-refractivity contribution in [3.8, 4) is 0 Å². The first-order chi connectivity index (χ1) is 12.0. The number of nitrogens with one attached hydrogen (secondary N) is 2. The maximum Gasteiger partial charge on any atom is 0.251 e. The summed E-state index contributed by atoms with van der Waals surface area (Å²) in [5.74, 6) is 0.687. The van der Waals surface area contributed by atoms with Crippen LogP contribution in [0.15, 0.2) is 28.7 Å². The van der Waals surface area contributed by atoms with E-state index in [1.165, 1.54) is 25.9 Å². The molecule has 0 aromatic heterocycles. The molecule has 0 spiro atoms. The Balaban J connectivity index is 1.52. The summed E-state index contributed by atoms with van der Waals surface area (Å²) in [6, 6.07) is 7.15. The van der Waals surface area contributed by atoms with E-state index in [1.54, 1.807) is 12.1 Å². The maximum atomic E-state index is 11.9. The van der Waals surface area contributed by atoms with Crippen molar-refractivity contribution in [2.45, 2.75) is 32.6 Å². The molecule has 1 heterocycles. The zero-order valence-corrected chi connectivity index (χ0v) is 16.5. The first kappa shape index (κ1) is 19.9. The van der Waals surface area contributed by atoms with Crippen molar-refractivity contribution in [1.29, 1.82) is 0 Å². The number of hydrogen-bond acceptors (Lipinski definition) is 3. The zero-order chi connectivity index (χ0) is 18.1. The number of nitrogens with zero attached hydrogens (tertiary/aromatic N) is 1. The summed E-state index contributed by atoms with van der Waals surface area (Å²) in [5, 5.41) is 5.70. The summed E-state index contributed by atoms with van der Waals surface area (Å²) >= 11 is 3.34. The Morgan fingerprint density at radius 3 is 2.48 bits per heavy atom. The standard InChI is InChI=1S/C19H28BrN3O2/c1-15-8-13-23(14-9-15)12-2-10-21-18(24)7-11-22-19(25)16-3-5-17(20)6-4-16/h3-6,15H,2,7-14H2,1H3,(H,21,24)(H,22,25). The smallest absolute Gasteiger partial charge is 0.251 e. The molecule has 138 valence electrons. The van der Waals surface area contributed by atoms with Crippen molar-refractivity contribution < 1.29 is 9.59 Å². The summed E-state index contributed by atoms with van der Waals surface area (Å²) in [5.41, 5.74) is 0.597. The van der Waals surface area contributed by atoms with Crippen molar-refractivity contribution in [1.82, 2.24) is 15.5 Å². The molecule has 5 nitrogen and oxygen atoms in total. The predicted octanol–water partition coefficient (Wildman–Crippen LogP) is 2.81. The molecule has 6 heteroatoms. The SMILES string of the molecule is CC1CCN(CCCNC(=O)CCNC(=O)c2ccc(Br)cc2)CC1. The molecular formula is C19H28BrN3O2. The second kappa shape index (κ2) is 10.6. The fourth-order valence-corrected chi connectivity index (χ4v) is 3.16. The molecule has 1 saturated heterocycles. The Bertz CT molecular complexity index is 554. The molecule has 2 N–H and O–H groups in total. The topological polar surface area (TPSA) is 61.4 Å². The van der Waals surface area contributed by atoms with Crippen LogP contribution in [0.5, 0.6) is 0 Å². The Morgan fingerprint density at radius 2 is 1.80 bits per heavy atom. The van der Waals surface area contributed by atoms with E-state index in [0.29, 0.717) is 25.1 Å². The van der Waals surface area contributed by atoms with Crippen LogP contribution in [0.1, 0.15) is 43.0 Å². The summed E-state index contributed by atoms with van der Waals surface area (Å²) in [4.78, 5) is 26.2. The molecule has 0 atom stereocenters. The minimum Gasteiger partial charge on any atom is -0.356 e. The van der Waals surface area contributed by atoms with E-state index in [1.807, 2.05) is 12.1 Å². The first-order valence-corrected chi connectivity index (χ1v) is 9.86. The van der Waals surface area contributed by atoms with Crippen LogP contribution >= 0.6 is 15.9 Å². The molecule has 1 fully saturated rings. The number of carbonyl (C=O) groups excluding carboxylic acids is 2. The fraction of sp³-hybridized carbons (Fsp3) is 0.579. The molecule has 2 amide bonds. The van der Waals surface area contributed by atoms with Gasteiger partial charge >= 0.3 is 0 Å². The van der Waals surface area contributed by atoms with Gasteiger partial charge in [0.25, 0.3) is 5.91 Å². The van der Waals surface area contributed by atoms with E-state index in [4.69, 9.17) is 0 Å². The minimum atomic E-state index is -0.153. The number of rotatable bonds is 8. The third-order valence-electron chi connectivity index (χ3n) is 4.59. The maximum absolute atomic E-state index is 11.9. The number of piperidine rings is 1. The molecule has 1 aromatic carbocycles. The molecule has 1 aliphatic heterocycles. The van der Waals surface area contributed by atoms with Crippen LogP contribution in [0, 0.1) is 5.92 Å². The van der Waals surface area contributed by atoms with E-state index >= 15 is 0 Å². The van der Waals surface area contributed by atoms with Gasteiger partial charge in [0, 0.05) is 29.5 Å². The van der Waals surface area contributed by atoms with E-state index in [9.17, 15) is 9.59 Å². The highest BCUT2D eigenvalue weighted by atomic mass is 79.9. The number of likely N-dealkylation sites (tertiary alicyclic amines) is 1. The second-order valence-electron chi connectivity index (χ2n) is 6.74. The van der Waals surface area contributed by atoms with Crippen LogP contribution in [0.25, 0.3) is 0 Å². The van der Waals surface area contributed by atoms with Gasteiger partial charge in [-0.2, -0.15) is 0 Å². The third kappa shape index (κ3) is 7.57. The fourth-order valence-electron chi connectivity index (χ4n) is 2.90. The summed E-state index contributed by atoms with van der Waals surface area (Å²) in [7, 11) is 0. The Hall–Kier alpha value is -1.40. The second-order valence-corrected chi connectivity index (χ2v) is 7.66. The summed E-state index contributed by atoms with van der Waals surface area (Å²) in [6.07, 6.45) is 3.85. The number of carbonyl (C=O) groups is 2. The number of amides is 2. The average molecular weight is 410 g/mol. The molecule has 0 radical (unpaired) electrons. The van der Waals surface area contributed by atoms with Gasteiger partial charge in [-0.25, -0.2) is 0 Å². The third-order valence-corrected chi connectivity index (χ3v) is 5.12. The van der Waals surface area contributed by atoms with Crippen LogP contribution < -0.4 is 10.6 Å². The van der Waals surface area contributed by atoms with Gasteiger partial charge in [-0.1, -0.05) is 22.9 Å². The molecule has 0 bridgehead atoms. The number of hydrogen-bond donors (Lipinski definition) is 2. The lowest BCUT2D eigenvalue weighted by Crippen LogP contribution is -2.36. The van der Waals surface area contributed by atoms with Crippen LogP contribution in [0.2, 0.25) is 0 Å². The molecule has 0 unspecified atom stereocenters. The minimum absolute atomic E-state index is 0.0108.